The number of carboxylic acids is 1. The highest BCUT2D eigenvalue weighted by Crippen LogP contribution is 2.34. The van der Waals surface area contributed by atoms with Crippen LogP contribution in [0.3, 0.4) is 0 Å². The fourth-order valence-electron chi connectivity index (χ4n) is 3.61. The van der Waals surface area contributed by atoms with Gasteiger partial charge in [-0.05, 0) is 100 Å². The summed E-state index contributed by atoms with van der Waals surface area (Å²) in [5.41, 5.74) is 2.04. The third-order valence-corrected chi connectivity index (χ3v) is 6.97. The largest absolute Gasteiger partial charge is 0.494 e. The number of nitrogens with one attached hydrogen (secondary N) is 1. The number of benzene rings is 3. The van der Waals surface area contributed by atoms with Crippen molar-refractivity contribution in [2.24, 2.45) is 0 Å². The molecule has 1 saturated heterocycles. The average molecular weight is 611 g/mol. The van der Waals surface area contributed by atoms with Crippen molar-refractivity contribution in [1.82, 2.24) is 4.90 Å². The van der Waals surface area contributed by atoms with E-state index in [4.69, 9.17) is 14.6 Å². The summed E-state index contributed by atoms with van der Waals surface area (Å²) in [7, 11) is 0. The molecule has 39 heavy (non-hydrogen) atoms. The Hall–Kier alpha value is -4.09. The summed E-state index contributed by atoms with van der Waals surface area (Å²) in [6.07, 6.45) is 1.57. The Bertz CT molecular complexity index is 1460. The first-order valence-corrected chi connectivity index (χ1v) is 13.4. The summed E-state index contributed by atoms with van der Waals surface area (Å²) in [4.78, 5) is 50.0. The number of anilines is 1. The molecule has 200 valence electrons. The van der Waals surface area contributed by atoms with Gasteiger partial charge in [0.1, 0.15) is 24.7 Å². The van der Waals surface area contributed by atoms with Crippen LogP contribution in [-0.4, -0.2) is 46.2 Å². The highest BCUT2D eigenvalue weighted by Gasteiger charge is 2.36. The number of hydrogen-bond acceptors (Lipinski definition) is 7. The Balaban J connectivity index is 1.37. The molecule has 1 aliphatic heterocycles. The maximum Gasteiger partial charge on any atom is 0.335 e. The number of carbonyl (C=O) groups excluding carboxylic acids is 3. The maximum atomic E-state index is 12.9. The lowest BCUT2D eigenvalue weighted by Crippen LogP contribution is -2.36. The van der Waals surface area contributed by atoms with E-state index < -0.39 is 29.6 Å². The number of thioether (sulfide) groups is 1. The lowest BCUT2D eigenvalue weighted by atomic mass is 10.1. The summed E-state index contributed by atoms with van der Waals surface area (Å²) in [6, 6.07) is 18.4. The van der Waals surface area contributed by atoms with Gasteiger partial charge >= 0.3 is 5.97 Å². The second kappa shape index (κ2) is 12.6. The lowest BCUT2D eigenvalue weighted by Gasteiger charge is -2.13. The molecule has 1 heterocycles. The number of ether oxygens (including phenoxy) is 2. The van der Waals surface area contributed by atoms with Crippen molar-refractivity contribution in [3.8, 4) is 11.5 Å². The minimum absolute atomic E-state index is 0.163. The zero-order chi connectivity index (χ0) is 27.9. The molecule has 3 aromatic carbocycles. The van der Waals surface area contributed by atoms with Crippen LogP contribution in [0.25, 0.3) is 6.08 Å². The molecule has 0 unspecified atom stereocenters. The number of imide groups is 1. The minimum Gasteiger partial charge on any atom is -0.494 e. The van der Waals surface area contributed by atoms with Crippen LogP contribution in [0, 0.1) is 0 Å². The molecule has 11 heteroatoms. The van der Waals surface area contributed by atoms with Crippen LogP contribution in [0.4, 0.5) is 10.5 Å². The SMILES string of the molecule is CCOc1ccc(NC(=O)CN2C(=O)S/C(=C/c3ccc(OCc4cccc(C(=O)O)c4)c(Br)c3)C2=O)cc1. The van der Waals surface area contributed by atoms with Crippen LogP contribution in [-0.2, 0) is 16.2 Å². The number of carbonyl (C=O) groups is 4. The molecule has 0 radical (unpaired) electrons. The van der Waals surface area contributed by atoms with E-state index in [0.717, 1.165) is 16.7 Å². The molecule has 2 N–H and O–H groups in total. The number of amides is 3. The first kappa shape index (κ1) is 27.9. The van der Waals surface area contributed by atoms with Gasteiger partial charge in [-0.25, -0.2) is 4.79 Å². The van der Waals surface area contributed by atoms with E-state index in [1.807, 2.05) is 6.92 Å². The van der Waals surface area contributed by atoms with Gasteiger partial charge in [0, 0.05) is 5.69 Å². The lowest BCUT2D eigenvalue weighted by molar-refractivity contribution is -0.127. The van der Waals surface area contributed by atoms with Gasteiger partial charge in [0.05, 0.1) is 21.5 Å². The molecule has 0 spiro atoms. The van der Waals surface area contributed by atoms with E-state index in [0.29, 0.717) is 39.4 Å². The third-order valence-electron chi connectivity index (χ3n) is 5.45. The Morgan fingerprint density at radius 2 is 1.82 bits per heavy atom. The molecule has 3 amide bonds. The normalized spacial score (nSPS) is 14.0. The fraction of sp³-hybridized carbons (Fsp3) is 0.143. The quantitative estimate of drug-likeness (QED) is 0.276. The molecule has 0 bridgehead atoms. The molecular formula is C28H23BrN2O7S. The van der Waals surface area contributed by atoms with Crippen molar-refractivity contribution in [1.29, 1.82) is 0 Å². The smallest absolute Gasteiger partial charge is 0.335 e. The Labute approximate surface area is 236 Å². The van der Waals surface area contributed by atoms with Crippen LogP contribution in [0.15, 0.2) is 76.1 Å². The zero-order valence-electron chi connectivity index (χ0n) is 20.7. The molecule has 0 aromatic heterocycles. The van der Waals surface area contributed by atoms with Crippen molar-refractivity contribution >= 4 is 62.5 Å². The van der Waals surface area contributed by atoms with E-state index in [9.17, 15) is 19.2 Å². The standard InChI is InChI=1S/C28H23BrN2O7S/c1-2-37-21-9-7-20(8-10-21)30-25(32)15-31-26(33)24(39-28(31)36)14-17-6-11-23(22(29)13-17)38-16-18-4-3-5-19(12-18)27(34)35/h3-14H,2,15-16H2,1H3,(H,30,32)(H,34,35)/b24-14+. The predicted molar refractivity (Wildman–Crippen MR) is 151 cm³/mol. The molecule has 9 nitrogen and oxygen atoms in total. The highest BCUT2D eigenvalue weighted by atomic mass is 79.9. The van der Waals surface area contributed by atoms with Gasteiger partial charge in [0.15, 0.2) is 0 Å². The van der Waals surface area contributed by atoms with Crippen molar-refractivity contribution in [2.75, 3.05) is 18.5 Å². The summed E-state index contributed by atoms with van der Waals surface area (Å²) >= 11 is 4.21. The number of rotatable bonds is 10. The van der Waals surface area contributed by atoms with Crippen LogP contribution in [0.5, 0.6) is 11.5 Å². The fourth-order valence-corrected chi connectivity index (χ4v) is 4.96. The number of aromatic carboxylic acids is 1. The number of carboxylic acid groups (broad SMARTS) is 1. The van der Waals surface area contributed by atoms with Crippen LogP contribution >= 0.6 is 27.7 Å². The van der Waals surface area contributed by atoms with Gasteiger partial charge in [0.2, 0.25) is 5.91 Å². The molecule has 0 aliphatic carbocycles. The van der Waals surface area contributed by atoms with Crippen molar-refractivity contribution in [3.63, 3.8) is 0 Å². The van der Waals surface area contributed by atoms with Crippen LogP contribution in [0.2, 0.25) is 0 Å². The second-order valence-corrected chi connectivity index (χ2v) is 10.1. The summed E-state index contributed by atoms with van der Waals surface area (Å²) in [5.74, 6) is -0.877. The number of halogens is 1. The van der Waals surface area contributed by atoms with Gasteiger partial charge in [-0.3, -0.25) is 19.3 Å². The summed E-state index contributed by atoms with van der Waals surface area (Å²) in [6.45, 7) is 2.15. The van der Waals surface area contributed by atoms with Gasteiger partial charge in [0.25, 0.3) is 11.1 Å². The van der Waals surface area contributed by atoms with Crippen LogP contribution in [0.1, 0.15) is 28.4 Å². The third kappa shape index (κ3) is 7.27. The number of nitrogens with zero attached hydrogens (tertiary/aromatic N) is 1. The molecule has 1 fully saturated rings. The van der Waals surface area contributed by atoms with Crippen molar-refractivity contribution in [3.05, 3.63) is 92.8 Å². The molecule has 0 atom stereocenters. The molecule has 4 rings (SSSR count). The van der Waals surface area contributed by atoms with E-state index in [1.54, 1.807) is 66.7 Å². The van der Waals surface area contributed by atoms with Crippen LogP contribution < -0.4 is 14.8 Å². The molecule has 3 aromatic rings. The maximum absolute atomic E-state index is 12.9. The summed E-state index contributed by atoms with van der Waals surface area (Å²) < 4.78 is 11.8. The Morgan fingerprint density at radius 1 is 1.05 bits per heavy atom. The van der Waals surface area contributed by atoms with E-state index >= 15 is 0 Å². The topological polar surface area (TPSA) is 122 Å². The predicted octanol–water partition coefficient (Wildman–Crippen LogP) is 5.80. The molecular weight excluding hydrogens is 588 g/mol. The zero-order valence-corrected chi connectivity index (χ0v) is 23.1. The first-order chi connectivity index (χ1) is 18.7. The van der Waals surface area contributed by atoms with Crippen molar-refractivity contribution in [2.45, 2.75) is 13.5 Å². The summed E-state index contributed by atoms with van der Waals surface area (Å²) in [5, 5.41) is 11.3. The Morgan fingerprint density at radius 3 is 2.51 bits per heavy atom. The van der Waals surface area contributed by atoms with Crippen molar-refractivity contribution < 1.29 is 33.8 Å². The minimum atomic E-state index is -1.01. The monoisotopic (exact) mass is 610 g/mol. The highest BCUT2D eigenvalue weighted by molar-refractivity contribution is 9.10. The van der Waals surface area contributed by atoms with Gasteiger partial charge in [-0.2, -0.15) is 0 Å². The van der Waals surface area contributed by atoms with Gasteiger partial charge < -0.3 is 19.9 Å². The Kier molecular flexibility index (Phi) is 9.05. The van der Waals surface area contributed by atoms with E-state index in [2.05, 4.69) is 21.2 Å². The van der Waals surface area contributed by atoms with Gasteiger partial charge in [-0.1, -0.05) is 18.2 Å². The molecule has 0 saturated carbocycles. The number of hydrogen-bond donors (Lipinski definition) is 2. The molecule has 1 aliphatic rings. The second-order valence-electron chi connectivity index (χ2n) is 8.26. The van der Waals surface area contributed by atoms with Gasteiger partial charge in [-0.15, -0.1) is 0 Å². The van der Waals surface area contributed by atoms with E-state index in [-0.39, 0.29) is 17.1 Å². The first-order valence-electron chi connectivity index (χ1n) is 11.8. The van der Waals surface area contributed by atoms with E-state index in [1.165, 1.54) is 6.07 Å². The average Bonchev–Trinajstić information content (AvgIpc) is 3.16.